The fraction of sp³-hybridized carbons (Fsp3) is 1.00. The topological polar surface area (TPSA) is 15.3 Å². The van der Waals surface area contributed by atoms with Crippen molar-refractivity contribution in [2.24, 2.45) is 5.92 Å². The molecule has 0 aromatic rings. The first-order valence-corrected chi connectivity index (χ1v) is 7.13. The minimum Gasteiger partial charge on any atom is -0.316 e. The van der Waals surface area contributed by atoms with Gasteiger partial charge in [-0.05, 0) is 58.7 Å². The van der Waals surface area contributed by atoms with Crippen LogP contribution in [0.1, 0.15) is 53.4 Å². The number of likely N-dealkylation sites (tertiary alicyclic amines) is 1. The fourth-order valence-corrected chi connectivity index (χ4v) is 2.73. The van der Waals surface area contributed by atoms with Gasteiger partial charge < -0.3 is 5.32 Å². The van der Waals surface area contributed by atoms with Crippen LogP contribution in [0.25, 0.3) is 0 Å². The molecule has 1 N–H and O–H groups in total. The van der Waals surface area contributed by atoms with Crippen LogP contribution in [0.2, 0.25) is 0 Å². The van der Waals surface area contributed by atoms with E-state index in [0.29, 0.717) is 0 Å². The van der Waals surface area contributed by atoms with Crippen LogP contribution in [0.15, 0.2) is 0 Å². The molecule has 96 valence electrons. The van der Waals surface area contributed by atoms with E-state index < -0.39 is 0 Å². The highest BCUT2D eigenvalue weighted by Crippen LogP contribution is 2.22. The summed E-state index contributed by atoms with van der Waals surface area (Å²) in [4.78, 5) is 2.71. The molecule has 0 radical (unpaired) electrons. The first-order valence-electron chi connectivity index (χ1n) is 7.13. The van der Waals surface area contributed by atoms with Crippen molar-refractivity contribution in [1.82, 2.24) is 10.2 Å². The average Bonchev–Trinajstić information content (AvgIpc) is 2.29. The molecule has 0 spiro atoms. The van der Waals surface area contributed by atoms with Gasteiger partial charge in [0.1, 0.15) is 0 Å². The number of hydrogen-bond acceptors (Lipinski definition) is 2. The molecule has 0 bridgehead atoms. The third kappa shape index (κ3) is 4.06. The van der Waals surface area contributed by atoms with E-state index in [2.05, 4.69) is 37.9 Å². The third-order valence-electron chi connectivity index (χ3n) is 4.09. The smallest absolute Gasteiger partial charge is 0.0107 e. The number of nitrogens with zero attached hydrogens (tertiary/aromatic N) is 1. The predicted octanol–water partition coefficient (Wildman–Crippen LogP) is 2.89. The normalized spacial score (nSPS) is 26.6. The molecular weight excluding hydrogens is 196 g/mol. The van der Waals surface area contributed by atoms with Gasteiger partial charge in [-0.1, -0.05) is 20.3 Å². The van der Waals surface area contributed by atoms with Crippen molar-refractivity contribution in [3.8, 4) is 0 Å². The van der Waals surface area contributed by atoms with E-state index in [1.165, 1.54) is 32.2 Å². The van der Waals surface area contributed by atoms with E-state index in [0.717, 1.165) is 31.1 Å². The number of piperidine rings is 1. The third-order valence-corrected chi connectivity index (χ3v) is 4.09. The van der Waals surface area contributed by atoms with Gasteiger partial charge in [0.25, 0.3) is 0 Å². The maximum atomic E-state index is 3.54. The second kappa shape index (κ2) is 7.29. The van der Waals surface area contributed by atoms with Gasteiger partial charge in [-0.15, -0.1) is 0 Å². The molecule has 1 rings (SSSR count). The zero-order valence-electron chi connectivity index (χ0n) is 11.6. The molecule has 1 aliphatic heterocycles. The molecule has 16 heavy (non-hydrogen) atoms. The van der Waals surface area contributed by atoms with Crippen LogP contribution in [0.3, 0.4) is 0 Å². The lowest BCUT2D eigenvalue weighted by Gasteiger charge is -2.40. The Bertz CT molecular complexity index is 182. The Labute approximate surface area is 102 Å². The van der Waals surface area contributed by atoms with Crippen molar-refractivity contribution in [1.29, 1.82) is 0 Å². The molecule has 0 amide bonds. The van der Waals surface area contributed by atoms with Crippen molar-refractivity contribution in [3.63, 3.8) is 0 Å². The molecular formula is C14H30N2. The molecule has 2 heteroatoms. The zero-order chi connectivity index (χ0) is 12.0. The van der Waals surface area contributed by atoms with Crippen molar-refractivity contribution in [2.45, 2.75) is 65.5 Å². The van der Waals surface area contributed by atoms with Crippen LogP contribution in [0.4, 0.5) is 0 Å². The van der Waals surface area contributed by atoms with Crippen LogP contribution in [0.5, 0.6) is 0 Å². The quantitative estimate of drug-likeness (QED) is 0.701. The van der Waals surface area contributed by atoms with Crippen LogP contribution in [-0.4, -0.2) is 36.6 Å². The highest BCUT2D eigenvalue weighted by Gasteiger charge is 2.26. The maximum absolute atomic E-state index is 3.54. The van der Waals surface area contributed by atoms with Crippen molar-refractivity contribution in [3.05, 3.63) is 0 Å². The summed E-state index contributed by atoms with van der Waals surface area (Å²) in [5, 5.41) is 3.54. The zero-order valence-corrected chi connectivity index (χ0v) is 11.6. The van der Waals surface area contributed by atoms with Gasteiger partial charge in [-0.25, -0.2) is 0 Å². The standard InChI is InChI=1S/C14H30N2/c1-5-9-15-11-12(2)14(4)16-10-7-6-8-13(16)3/h12-15H,5-11H2,1-4H3. The Morgan fingerprint density at radius 3 is 2.69 bits per heavy atom. The van der Waals surface area contributed by atoms with Crippen molar-refractivity contribution in [2.75, 3.05) is 19.6 Å². The summed E-state index contributed by atoms with van der Waals surface area (Å²) in [7, 11) is 0. The van der Waals surface area contributed by atoms with Crippen LogP contribution >= 0.6 is 0 Å². The highest BCUT2D eigenvalue weighted by molar-refractivity contribution is 4.81. The van der Waals surface area contributed by atoms with Crippen LogP contribution in [-0.2, 0) is 0 Å². The van der Waals surface area contributed by atoms with Gasteiger partial charge in [0.05, 0.1) is 0 Å². The lowest BCUT2D eigenvalue weighted by Crippen LogP contribution is -2.48. The molecule has 3 unspecified atom stereocenters. The molecule has 3 atom stereocenters. The SMILES string of the molecule is CCCNCC(C)C(C)N1CCCCC1C. The summed E-state index contributed by atoms with van der Waals surface area (Å²) >= 11 is 0. The molecule has 0 saturated carbocycles. The van der Waals surface area contributed by atoms with Gasteiger partial charge in [-0.3, -0.25) is 4.90 Å². The van der Waals surface area contributed by atoms with E-state index in [1.807, 2.05) is 0 Å². The lowest BCUT2D eigenvalue weighted by molar-refractivity contribution is 0.0839. The summed E-state index contributed by atoms with van der Waals surface area (Å²) in [6, 6.07) is 1.51. The monoisotopic (exact) mass is 226 g/mol. The summed E-state index contributed by atoms with van der Waals surface area (Å²) in [5.74, 6) is 0.757. The van der Waals surface area contributed by atoms with Gasteiger partial charge in [0.2, 0.25) is 0 Å². The minimum absolute atomic E-state index is 0.722. The van der Waals surface area contributed by atoms with E-state index in [4.69, 9.17) is 0 Å². The molecule has 1 saturated heterocycles. The largest absolute Gasteiger partial charge is 0.316 e. The summed E-state index contributed by atoms with van der Waals surface area (Å²) < 4.78 is 0. The average molecular weight is 226 g/mol. The predicted molar refractivity (Wildman–Crippen MR) is 71.8 cm³/mol. The maximum Gasteiger partial charge on any atom is 0.0107 e. The number of hydrogen-bond donors (Lipinski definition) is 1. The van der Waals surface area contributed by atoms with Crippen LogP contribution in [0, 0.1) is 5.92 Å². The minimum atomic E-state index is 0.722. The van der Waals surface area contributed by atoms with Crippen molar-refractivity contribution >= 4 is 0 Å². The number of nitrogens with one attached hydrogen (secondary N) is 1. The Morgan fingerprint density at radius 2 is 2.06 bits per heavy atom. The van der Waals surface area contributed by atoms with E-state index in [-0.39, 0.29) is 0 Å². The molecule has 0 aromatic carbocycles. The van der Waals surface area contributed by atoms with Gasteiger partial charge in [-0.2, -0.15) is 0 Å². The highest BCUT2D eigenvalue weighted by atomic mass is 15.2. The Balaban J connectivity index is 2.33. The summed E-state index contributed by atoms with van der Waals surface area (Å²) in [5.41, 5.74) is 0. The molecule has 2 nitrogen and oxygen atoms in total. The first kappa shape index (κ1) is 14.0. The second-order valence-corrected chi connectivity index (χ2v) is 5.50. The lowest BCUT2D eigenvalue weighted by atomic mass is 9.95. The van der Waals surface area contributed by atoms with Gasteiger partial charge in [0, 0.05) is 12.1 Å². The molecule has 1 heterocycles. The molecule has 0 aromatic heterocycles. The van der Waals surface area contributed by atoms with Gasteiger partial charge in [0.15, 0.2) is 0 Å². The first-order chi connectivity index (χ1) is 7.66. The molecule has 0 aliphatic carbocycles. The molecule has 1 aliphatic rings. The van der Waals surface area contributed by atoms with Gasteiger partial charge >= 0.3 is 0 Å². The van der Waals surface area contributed by atoms with E-state index in [1.54, 1.807) is 0 Å². The summed E-state index contributed by atoms with van der Waals surface area (Å²) in [6.45, 7) is 13.0. The summed E-state index contributed by atoms with van der Waals surface area (Å²) in [6.07, 6.45) is 5.44. The van der Waals surface area contributed by atoms with Crippen molar-refractivity contribution < 1.29 is 0 Å². The Hall–Kier alpha value is -0.0800. The van der Waals surface area contributed by atoms with E-state index in [9.17, 15) is 0 Å². The number of rotatable bonds is 6. The fourth-order valence-electron chi connectivity index (χ4n) is 2.73. The Morgan fingerprint density at radius 1 is 1.31 bits per heavy atom. The van der Waals surface area contributed by atoms with E-state index >= 15 is 0 Å². The Kier molecular flexibility index (Phi) is 6.37. The van der Waals surface area contributed by atoms with Crippen LogP contribution < -0.4 is 5.32 Å². The second-order valence-electron chi connectivity index (χ2n) is 5.50. The molecule has 1 fully saturated rings.